The number of hydrogen-bond acceptors (Lipinski definition) is 6. The first-order valence-electron chi connectivity index (χ1n) is 8.53. The lowest BCUT2D eigenvalue weighted by atomic mass is 9.97. The SMILES string of the molecule is COC(=O)C1CCN(C(=O)COC(=O)CCc2ccc(C#N)cc2)CC1. The highest BCUT2D eigenvalue weighted by molar-refractivity contribution is 5.81. The second kappa shape index (κ2) is 9.56. The first kappa shape index (κ1) is 19.4. The molecule has 26 heavy (non-hydrogen) atoms. The van der Waals surface area contributed by atoms with Gasteiger partial charge in [-0.1, -0.05) is 12.1 Å². The van der Waals surface area contributed by atoms with Crippen LogP contribution in [-0.2, 0) is 30.3 Å². The molecule has 7 nitrogen and oxygen atoms in total. The van der Waals surface area contributed by atoms with Gasteiger partial charge in [0.05, 0.1) is 24.7 Å². The molecular formula is C19H22N2O5. The first-order valence-corrected chi connectivity index (χ1v) is 8.53. The summed E-state index contributed by atoms with van der Waals surface area (Å²) in [6, 6.07) is 9.02. The Morgan fingerprint density at radius 1 is 1.19 bits per heavy atom. The van der Waals surface area contributed by atoms with Gasteiger partial charge >= 0.3 is 11.9 Å². The van der Waals surface area contributed by atoms with Gasteiger partial charge in [-0.3, -0.25) is 14.4 Å². The highest BCUT2D eigenvalue weighted by Crippen LogP contribution is 2.18. The lowest BCUT2D eigenvalue weighted by Crippen LogP contribution is -2.42. The minimum atomic E-state index is -0.438. The minimum absolute atomic E-state index is 0.168. The van der Waals surface area contributed by atoms with Gasteiger partial charge in [-0.25, -0.2) is 0 Å². The summed E-state index contributed by atoms with van der Waals surface area (Å²) in [7, 11) is 1.36. The maximum absolute atomic E-state index is 12.1. The van der Waals surface area contributed by atoms with Gasteiger partial charge in [0, 0.05) is 19.5 Å². The van der Waals surface area contributed by atoms with Crippen LogP contribution in [0.4, 0.5) is 0 Å². The Morgan fingerprint density at radius 2 is 1.85 bits per heavy atom. The number of rotatable bonds is 6. The number of carbonyl (C=O) groups excluding carboxylic acids is 3. The van der Waals surface area contributed by atoms with Crippen molar-refractivity contribution in [2.45, 2.75) is 25.7 Å². The standard InChI is InChI=1S/C19H22N2O5/c1-25-19(24)16-8-10-21(11-9-16)17(22)13-26-18(23)7-6-14-2-4-15(12-20)5-3-14/h2-5,16H,6-11,13H2,1H3. The zero-order valence-corrected chi connectivity index (χ0v) is 14.8. The van der Waals surface area contributed by atoms with Crippen LogP contribution in [0.15, 0.2) is 24.3 Å². The fourth-order valence-electron chi connectivity index (χ4n) is 2.83. The number of ether oxygens (including phenoxy) is 2. The monoisotopic (exact) mass is 358 g/mol. The smallest absolute Gasteiger partial charge is 0.308 e. The van der Waals surface area contributed by atoms with E-state index in [1.165, 1.54) is 7.11 Å². The first-order chi connectivity index (χ1) is 12.5. The Morgan fingerprint density at radius 3 is 2.42 bits per heavy atom. The highest BCUT2D eigenvalue weighted by Gasteiger charge is 2.28. The molecule has 0 spiro atoms. The summed E-state index contributed by atoms with van der Waals surface area (Å²) in [5.41, 5.74) is 1.50. The van der Waals surface area contributed by atoms with Crippen molar-refractivity contribution < 1.29 is 23.9 Å². The number of hydrogen-bond donors (Lipinski definition) is 0. The van der Waals surface area contributed by atoms with Gasteiger partial charge in [0.15, 0.2) is 6.61 Å². The van der Waals surface area contributed by atoms with E-state index in [-0.39, 0.29) is 30.8 Å². The van der Waals surface area contributed by atoms with Crippen LogP contribution in [0.5, 0.6) is 0 Å². The van der Waals surface area contributed by atoms with Gasteiger partial charge in [0.25, 0.3) is 5.91 Å². The molecular weight excluding hydrogens is 336 g/mol. The fraction of sp³-hybridized carbons (Fsp3) is 0.474. The van der Waals surface area contributed by atoms with Crippen LogP contribution in [0.3, 0.4) is 0 Å². The van der Waals surface area contributed by atoms with Crippen molar-refractivity contribution in [1.82, 2.24) is 4.90 Å². The molecule has 2 rings (SSSR count). The molecule has 1 aliphatic heterocycles. The number of benzene rings is 1. The van der Waals surface area contributed by atoms with Crippen molar-refractivity contribution in [3.05, 3.63) is 35.4 Å². The number of nitriles is 1. The van der Waals surface area contributed by atoms with E-state index in [9.17, 15) is 14.4 Å². The molecule has 0 bridgehead atoms. The van der Waals surface area contributed by atoms with Crippen LogP contribution in [-0.4, -0.2) is 49.6 Å². The van der Waals surface area contributed by atoms with E-state index in [0.717, 1.165) is 5.56 Å². The van der Waals surface area contributed by atoms with Gasteiger partial charge in [-0.2, -0.15) is 5.26 Å². The number of piperidine rings is 1. The number of amides is 1. The van der Waals surface area contributed by atoms with Crippen LogP contribution < -0.4 is 0 Å². The summed E-state index contributed by atoms with van der Waals surface area (Å²) in [5, 5.41) is 8.75. The number of methoxy groups -OCH3 is 1. The lowest BCUT2D eigenvalue weighted by molar-refractivity contribution is -0.154. The average molecular weight is 358 g/mol. The summed E-state index contributed by atoms with van der Waals surface area (Å²) in [6.45, 7) is 0.637. The molecule has 1 saturated heterocycles. The van der Waals surface area contributed by atoms with Crippen molar-refractivity contribution in [3.63, 3.8) is 0 Å². The van der Waals surface area contributed by atoms with Gasteiger partial charge in [0.1, 0.15) is 0 Å². The maximum atomic E-state index is 12.1. The molecule has 7 heteroatoms. The average Bonchev–Trinajstić information content (AvgIpc) is 2.70. The van der Waals surface area contributed by atoms with E-state index in [4.69, 9.17) is 14.7 Å². The molecule has 0 unspecified atom stereocenters. The summed E-state index contributed by atoms with van der Waals surface area (Å²) < 4.78 is 9.76. The van der Waals surface area contributed by atoms with Gasteiger partial charge in [0.2, 0.25) is 0 Å². The summed E-state index contributed by atoms with van der Waals surface area (Å²) >= 11 is 0. The zero-order chi connectivity index (χ0) is 18.9. The second-order valence-electron chi connectivity index (χ2n) is 6.15. The third-order valence-electron chi connectivity index (χ3n) is 4.44. The predicted molar refractivity (Wildman–Crippen MR) is 91.8 cm³/mol. The molecule has 0 N–H and O–H groups in total. The predicted octanol–water partition coefficient (Wildman–Crippen LogP) is 1.45. The third kappa shape index (κ3) is 5.59. The van der Waals surface area contributed by atoms with E-state index in [1.807, 2.05) is 6.07 Å². The van der Waals surface area contributed by atoms with E-state index < -0.39 is 5.97 Å². The number of nitrogens with zero attached hydrogens (tertiary/aromatic N) is 2. The van der Waals surface area contributed by atoms with E-state index in [0.29, 0.717) is 37.9 Å². The molecule has 0 atom stereocenters. The number of aryl methyl sites for hydroxylation is 1. The van der Waals surface area contributed by atoms with E-state index in [2.05, 4.69) is 0 Å². The maximum Gasteiger partial charge on any atom is 0.308 e. The highest BCUT2D eigenvalue weighted by atomic mass is 16.5. The Hall–Kier alpha value is -2.88. The van der Waals surface area contributed by atoms with Crippen LogP contribution in [0, 0.1) is 17.2 Å². The molecule has 138 valence electrons. The molecule has 1 aromatic carbocycles. The number of esters is 2. The summed E-state index contributed by atoms with van der Waals surface area (Å²) in [6.07, 6.45) is 1.78. The lowest BCUT2D eigenvalue weighted by Gasteiger charge is -2.30. The Balaban J connectivity index is 1.68. The molecule has 0 saturated carbocycles. The molecule has 0 aliphatic carbocycles. The topological polar surface area (TPSA) is 96.7 Å². The van der Waals surface area contributed by atoms with Crippen LogP contribution >= 0.6 is 0 Å². The van der Waals surface area contributed by atoms with Gasteiger partial charge in [-0.15, -0.1) is 0 Å². The Bertz CT molecular complexity index is 685. The molecule has 1 heterocycles. The van der Waals surface area contributed by atoms with E-state index >= 15 is 0 Å². The summed E-state index contributed by atoms with van der Waals surface area (Å²) in [4.78, 5) is 37.0. The summed E-state index contributed by atoms with van der Waals surface area (Å²) in [5.74, 6) is -1.10. The van der Waals surface area contributed by atoms with Crippen molar-refractivity contribution >= 4 is 17.8 Å². The molecule has 1 fully saturated rings. The number of carbonyl (C=O) groups is 3. The third-order valence-corrected chi connectivity index (χ3v) is 4.44. The molecule has 1 aliphatic rings. The molecule has 1 amide bonds. The zero-order valence-electron chi connectivity index (χ0n) is 14.8. The fourth-order valence-corrected chi connectivity index (χ4v) is 2.83. The minimum Gasteiger partial charge on any atom is -0.469 e. The largest absolute Gasteiger partial charge is 0.469 e. The van der Waals surface area contributed by atoms with Crippen LogP contribution in [0.25, 0.3) is 0 Å². The number of likely N-dealkylation sites (tertiary alicyclic amines) is 1. The molecule has 0 radical (unpaired) electrons. The second-order valence-corrected chi connectivity index (χ2v) is 6.15. The quantitative estimate of drug-likeness (QED) is 0.714. The van der Waals surface area contributed by atoms with Crippen molar-refractivity contribution in [2.75, 3.05) is 26.8 Å². The Kier molecular flexibility index (Phi) is 7.15. The molecule has 0 aromatic heterocycles. The van der Waals surface area contributed by atoms with Gasteiger partial charge < -0.3 is 14.4 Å². The normalized spacial score (nSPS) is 14.4. The van der Waals surface area contributed by atoms with Gasteiger partial charge in [-0.05, 0) is 37.0 Å². The Labute approximate surface area is 152 Å². The van der Waals surface area contributed by atoms with Crippen molar-refractivity contribution in [3.8, 4) is 6.07 Å². The molecule has 1 aromatic rings. The van der Waals surface area contributed by atoms with Crippen molar-refractivity contribution in [2.24, 2.45) is 5.92 Å². The van der Waals surface area contributed by atoms with Crippen LogP contribution in [0.1, 0.15) is 30.4 Å². The van der Waals surface area contributed by atoms with E-state index in [1.54, 1.807) is 29.2 Å². The van der Waals surface area contributed by atoms with Crippen molar-refractivity contribution in [1.29, 1.82) is 5.26 Å². The van der Waals surface area contributed by atoms with Crippen LogP contribution in [0.2, 0.25) is 0 Å².